The smallest absolute Gasteiger partial charge is 0.404 e. The third-order valence-electron chi connectivity index (χ3n) is 5.03. The molecule has 0 amide bonds. The van der Waals surface area contributed by atoms with E-state index in [2.05, 4.69) is 15.0 Å². The number of anilines is 1. The highest BCUT2D eigenvalue weighted by Gasteiger charge is 2.43. The summed E-state index contributed by atoms with van der Waals surface area (Å²) in [6, 6.07) is 5.95. The van der Waals surface area contributed by atoms with Gasteiger partial charge in [0.1, 0.15) is 11.3 Å². The Bertz CT molecular complexity index is 1060. The summed E-state index contributed by atoms with van der Waals surface area (Å²) in [5, 5.41) is 10.3. The van der Waals surface area contributed by atoms with E-state index in [1.165, 1.54) is 18.3 Å². The van der Waals surface area contributed by atoms with Crippen molar-refractivity contribution in [3.8, 4) is 5.75 Å². The second-order valence-corrected chi connectivity index (χ2v) is 8.62. The molecule has 0 saturated heterocycles. The van der Waals surface area contributed by atoms with Gasteiger partial charge in [0.25, 0.3) is 0 Å². The first-order chi connectivity index (χ1) is 13.9. The Morgan fingerprint density at radius 2 is 2.07 bits per heavy atom. The molecule has 1 aromatic carbocycles. The summed E-state index contributed by atoms with van der Waals surface area (Å²) < 4.78 is 24.2. The van der Waals surface area contributed by atoms with Crippen molar-refractivity contribution < 1.29 is 23.6 Å². The van der Waals surface area contributed by atoms with Crippen molar-refractivity contribution in [3.63, 3.8) is 0 Å². The Labute approximate surface area is 170 Å². The maximum atomic E-state index is 12.2. The Hall–Kier alpha value is -2.23. The van der Waals surface area contributed by atoms with Crippen molar-refractivity contribution >= 4 is 36.5 Å². The molecule has 1 aliphatic rings. The molecule has 4 N–H and O–H groups in total. The van der Waals surface area contributed by atoms with Gasteiger partial charge < -0.3 is 19.9 Å². The summed E-state index contributed by atoms with van der Waals surface area (Å²) in [5.41, 5.74) is 6.85. The monoisotopic (exact) mass is 439 g/mol. The predicted octanol–water partition coefficient (Wildman–Crippen LogP) is 2.43. The molecular weight excluding hydrogens is 421 g/mol. The first-order valence-corrected chi connectivity index (χ1v) is 10.7. The largest absolute Gasteiger partial charge is 0.527 e. The number of halogens is 1. The molecule has 0 radical (unpaired) electrons. The average molecular weight is 440 g/mol. The quantitative estimate of drug-likeness (QED) is 0.472. The van der Waals surface area contributed by atoms with Crippen LogP contribution in [-0.2, 0) is 9.09 Å². The Balaban J connectivity index is 1.40. The molecule has 0 bridgehead atoms. The highest BCUT2D eigenvalue weighted by Crippen LogP contribution is 2.49. The maximum absolute atomic E-state index is 12.2. The fourth-order valence-corrected chi connectivity index (χ4v) is 4.43. The van der Waals surface area contributed by atoms with Crippen LogP contribution in [0.4, 0.5) is 5.95 Å². The van der Waals surface area contributed by atoms with Crippen LogP contribution in [0, 0.1) is 11.8 Å². The van der Waals surface area contributed by atoms with E-state index >= 15 is 0 Å². The standard InChI is InChI=1S/C17H19ClN5O5P/c18-11-1-3-12(4-2-11)28-29(25,26)27-8-10-5-15(13(10)7-24)23-9-21-14-6-20-17(19)22-16(14)23/h1-4,6,9-10,13,15,24H,5,7-8H2,(H,25,26)(H2,19,20,22)/t10-,13+,15-/m1/s1. The number of hydrogen-bond acceptors (Lipinski definition) is 8. The third kappa shape index (κ3) is 4.22. The molecule has 0 spiro atoms. The van der Waals surface area contributed by atoms with E-state index in [9.17, 15) is 14.6 Å². The van der Waals surface area contributed by atoms with E-state index in [0.29, 0.717) is 22.6 Å². The maximum Gasteiger partial charge on any atom is 0.527 e. The normalized spacial score (nSPS) is 23.5. The highest BCUT2D eigenvalue weighted by atomic mass is 35.5. The lowest BCUT2D eigenvalue weighted by Gasteiger charge is -2.44. The van der Waals surface area contributed by atoms with E-state index in [0.717, 1.165) is 0 Å². The van der Waals surface area contributed by atoms with Crippen LogP contribution in [0.3, 0.4) is 0 Å². The molecule has 10 nitrogen and oxygen atoms in total. The van der Waals surface area contributed by atoms with E-state index < -0.39 is 7.82 Å². The van der Waals surface area contributed by atoms with Crippen molar-refractivity contribution in [2.24, 2.45) is 11.8 Å². The third-order valence-corrected chi connectivity index (χ3v) is 6.20. The summed E-state index contributed by atoms with van der Waals surface area (Å²) in [6.45, 7) is -0.153. The number of aliphatic hydroxyl groups excluding tert-OH is 1. The second kappa shape index (κ2) is 7.89. The second-order valence-electron chi connectivity index (χ2n) is 6.81. The van der Waals surface area contributed by atoms with Gasteiger partial charge in [0.05, 0.1) is 19.1 Å². The fourth-order valence-electron chi connectivity index (χ4n) is 3.49. The number of nitrogens with two attached hydrogens (primary N) is 1. The lowest BCUT2D eigenvalue weighted by Crippen LogP contribution is -2.42. The first-order valence-electron chi connectivity index (χ1n) is 8.84. The van der Waals surface area contributed by atoms with Crippen molar-refractivity contribution in [2.45, 2.75) is 12.5 Å². The zero-order chi connectivity index (χ0) is 20.6. The van der Waals surface area contributed by atoms with E-state index in [1.54, 1.807) is 18.5 Å². The Morgan fingerprint density at radius 3 is 2.79 bits per heavy atom. The molecule has 0 aliphatic heterocycles. The number of imidazole rings is 1. The van der Waals surface area contributed by atoms with Crippen LogP contribution in [0.5, 0.6) is 5.75 Å². The zero-order valence-electron chi connectivity index (χ0n) is 15.1. The lowest BCUT2D eigenvalue weighted by atomic mass is 9.70. The molecule has 1 aliphatic carbocycles. The number of fused-ring (bicyclic) bond motifs is 1. The molecule has 154 valence electrons. The summed E-state index contributed by atoms with van der Waals surface area (Å²) in [7, 11) is -4.31. The van der Waals surface area contributed by atoms with Gasteiger partial charge in [-0.25, -0.2) is 14.5 Å². The van der Waals surface area contributed by atoms with Gasteiger partial charge in [-0.2, -0.15) is 4.98 Å². The molecule has 1 fully saturated rings. The molecule has 2 aromatic heterocycles. The molecule has 4 rings (SSSR count). The van der Waals surface area contributed by atoms with E-state index in [-0.39, 0.29) is 42.8 Å². The van der Waals surface area contributed by atoms with Crippen LogP contribution < -0.4 is 10.3 Å². The zero-order valence-corrected chi connectivity index (χ0v) is 16.8. The number of nitrogens with zero attached hydrogens (tertiary/aromatic N) is 4. The average Bonchev–Trinajstić information content (AvgIpc) is 3.05. The lowest BCUT2D eigenvalue weighted by molar-refractivity contribution is -0.00487. The van der Waals surface area contributed by atoms with Crippen molar-refractivity contribution in [1.82, 2.24) is 19.5 Å². The van der Waals surface area contributed by atoms with Gasteiger partial charge in [-0.1, -0.05) is 11.6 Å². The Morgan fingerprint density at radius 1 is 1.31 bits per heavy atom. The number of nitrogen functional groups attached to an aromatic ring is 1. The molecule has 1 unspecified atom stereocenters. The highest BCUT2D eigenvalue weighted by molar-refractivity contribution is 7.47. The van der Waals surface area contributed by atoms with Gasteiger partial charge in [-0.3, -0.25) is 9.42 Å². The van der Waals surface area contributed by atoms with Gasteiger partial charge in [-0.05, 0) is 36.6 Å². The van der Waals surface area contributed by atoms with Crippen LogP contribution in [0.25, 0.3) is 11.2 Å². The molecule has 4 atom stereocenters. The molecule has 12 heteroatoms. The van der Waals surface area contributed by atoms with Crippen LogP contribution in [0.15, 0.2) is 36.8 Å². The summed E-state index contributed by atoms with van der Waals surface area (Å²) in [6.07, 6.45) is 3.78. The number of aromatic nitrogens is 4. The van der Waals surface area contributed by atoms with E-state index in [1.807, 2.05) is 4.57 Å². The number of aliphatic hydroxyl groups is 1. The van der Waals surface area contributed by atoms with Crippen molar-refractivity contribution in [3.05, 3.63) is 41.8 Å². The minimum Gasteiger partial charge on any atom is -0.404 e. The predicted molar refractivity (Wildman–Crippen MR) is 105 cm³/mol. The number of hydrogen-bond donors (Lipinski definition) is 3. The van der Waals surface area contributed by atoms with Gasteiger partial charge in [0.2, 0.25) is 5.95 Å². The fraction of sp³-hybridized carbons (Fsp3) is 0.353. The van der Waals surface area contributed by atoms with Gasteiger partial charge in [-0.15, -0.1) is 0 Å². The number of phosphoric acid groups is 1. The molecule has 3 aromatic rings. The van der Waals surface area contributed by atoms with Crippen LogP contribution in [-0.4, -0.2) is 42.7 Å². The summed E-state index contributed by atoms with van der Waals surface area (Å²) >= 11 is 5.78. The van der Waals surface area contributed by atoms with Crippen molar-refractivity contribution in [2.75, 3.05) is 18.9 Å². The summed E-state index contributed by atoms with van der Waals surface area (Å²) in [5.74, 6) is -0.0118. The first kappa shape index (κ1) is 20.1. The number of phosphoric ester groups is 1. The summed E-state index contributed by atoms with van der Waals surface area (Å²) in [4.78, 5) is 22.3. The number of benzene rings is 1. The Kier molecular flexibility index (Phi) is 5.46. The van der Waals surface area contributed by atoms with E-state index in [4.69, 9.17) is 26.4 Å². The minimum absolute atomic E-state index is 0.0349. The SMILES string of the molecule is Nc1ncc2ncn([C@@H]3C[C@H](COP(=O)(O)Oc4ccc(Cl)cc4)[C@@H]3CO)c2n1. The molecule has 2 heterocycles. The van der Waals surface area contributed by atoms with Gasteiger partial charge in [0.15, 0.2) is 5.65 Å². The van der Waals surface area contributed by atoms with Gasteiger partial charge in [0, 0.05) is 23.6 Å². The van der Waals surface area contributed by atoms with Crippen LogP contribution in [0.1, 0.15) is 12.5 Å². The topological polar surface area (TPSA) is 146 Å². The van der Waals surface area contributed by atoms with Crippen molar-refractivity contribution in [1.29, 1.82) is 0 Å². The molecule has 1 saturated carbocycles. The van der Waals surface area contributed by atoms with Crippen LogP contribution in [0.2, 0.25) is 5.02 Å². The van der Waals surface area contributed by atoms with Gasteiger partial charge >= 0.3 is 7.82 Å². The number of rotatable bonds is 7. The molecule has 29 heavy (non-hydrogen) atoms. The minimum atomic E-state index is -4.31. The molecular formula is C17H19ClN5O5P. The van der Waals surface area contributed by atoms with Crippen LogP contribution >= 0.6 is 19.4 Å².